The molecular formula is C15H19Cl2N3O2. The molecule has 0 aliphatic heterocycles. The number of rotatable bonds is 8. The van der Waals surface area contributed by atoms with Crippen LogP contribution in [0.1, 0.15) is 5.69 Å². The van der Waals surface area contributed by atoms with Gasteiger partial charge >= 0.3 is 5.97 Å². The molecule has 1 atom stereocenters. The van der Waals surface area contributed by atoms with Crippen molar-refractivity contribution >= 4 is 45.8 Å². The van der Waals surface area contributed by atoms with E-state index in [1.807, 2.05) is 24.3 Å². The molecular weight excluding hydrogens is 325 g/mol. The number of fused-ring (bicyclic) bond motifs is 1. The van der Waals surface area contributed by atoms with Crippen LogP contribution < -0.4 is 10.6 Å². The highest BCUT2D eigenvalue weighted by Gasteiger charge is 2.14. The van der Waals surface area contributed by atoms with Crippen molar-refractivity contribution in [2.24, 2.45) is 5.73 Å². The Bertz CT molecular complexity index is 639. The van der Waals surface area contributed by atoms with E-state index in [4.69, 9.17) is 34.0 Å². The van der Waals surface area contributed by atoms with Crippen LogP contribution in [0, 0.1) is 0 Å². The zero-order chi connectivity index (χ0) is 16.1. The van der Waals surface area contributed by atoms with Crippen molar-refractivity contribution in [1.82, 2.24) is 4.98 Å². The number of nitrogens with two attached hydrogens (primary N) is 1. The van der Waals surface area contributed by atoms with Crippen LogP contribution in [-0.2, 0) is 11.2 Å². The monoisotopic (exact) mass is 343 g/mol. The molecule has 5 nitrogen and oxygen atoms in total. The summed E-state index contributed by atoms with van der Waals surface area (Å²) in [5, 5.41) is 9.90. The average molecular weight is 344 g/mol. The van der Waals surface area contributed by atoms with E-state index in [0.29, 0.717) is 11.8 Å². The van der Waals surface area contributed by atoms with Crippen LogP contribution in [0.4, 0.5) is 5.69 Å². The van der Waals surface area contributed by atoms with Gasteiger partial charge in [-0.15, -0.1) is 23.2 Å². The molecule has 0 amide bonds. The van der Waals surface area contributed by atoms with Gasteiger partial charge in [-0.05, 0) is 24.3 Å². The number of carboxylic acids is 1. The first-order chi connectivity index (χ1) is 10.5. The molecule has 1 aromatic heterocycles. The van der Waals surface area contributed by atoms with Crippen molar-refractivity contribution in [2.75, 3.05) is 29.7 Å². The smallest absolute Gasteiger partial charge is 0.320 e. The van der Waals surface area contributed by atoms with E-state index in [1.54, 1.807) is 0 Å². The highest BCUT2D eigenvalue weighted by Crippen LogP contribution is 2.23. The summed E-state index contributed by atoms with van der Waals surface area (Å²) in [6.07, 6.45) is 0.270. The zero-order valence-electron chi connectivity index (χ0n) is 12.1. The van der Waals surface area contributed by atoms with Gasteiger partial charge in [0.2, 0.25) is 0 Å². The summed E-state index contributed by atoms with van der Waals surface area (Å²) < 4.78 is 0. The third kappa shape index (κ3) is 4.06. The Morgan fingerprint density at radius 2 is 1.95 bits per heavy atom. The molecule has 0 bridgehead atoms. The molecule has 120 valence electrons. The van der Waals surface area contributed by atoms with Gasteiger partial charge in [0.05, 0.1) is 0 Å². The fraction of sp³-hybridized carbons (Fsp3) is 0.400. The number of hydrogen-bond acceptors (Lipinski definition) is 3. The second-order valence-corrected chi connectivity index (χ2v) is 5.84. The molecule has 0 saturated carbocycles. The maximum absolute atomic E-state index is 10.8. The van der Waals surface area contributed by atoms with E-state index in [2.05, 4.69) is 9.88 Å². The summed E-state index contributed by atoms with van der Waals surface area (Å²) in [5.74, 6) is 0.0522. The summed E-state index contributed by atoms with van der Waals surface area (Å²) >= 11 is 11.7. The molecule has 1 aromatic carbocycles. The predicted octanol–water partition coefficient (Wildman–Crippen LogP) is 2.41. The van der Waals surface area contributed by atoms with Gasteiger partial charge in [-0.1, -0.05) is 0 Å². The highest BCUT2D eigenvalue weighted by molar-refractivity contribution is 6.18. The first kappa shape index (κ1) is 16.9. The van der Waals surface area contributed by atoms with E-state index >= 15 is 0 Å². The first-order valence-corrected chi connectivity index (χ1v) is 8.09. The van der Waals surface area contributed by atoms with Gasteiger partial charge in [-0.25, -0.2) is 0 Å². The minimum Gasteiger partial charge on any atom is -0.480 e. The molecule has 22 heavy (non-hydrogen) atoms. The lowest BCUT2D eigenvalue weighted by Gasteiger charge is -2.22. The first-order valence-electron chi connectivity index (χ1n) is 7.02. The number of nitrogens with one attached hydrogen (secondary N) is 1. The Labute approximate surface area is 139 Å². The van der Waals surface area contributed by atoms with Crippen LogP contribution in [-0.4, -0.2) is 47.0 Å². The van der Waals surface area contributed by atoms with E-state index in [0.717, 1.165) is 35.4 Å². The molecule has 4 N–H and O–H groups in total. The summed E-state index contributed by atoms with van der Waals surface area (Å²) in [4.78, 5) is 16.2. The summed E-state index contributed by atoms with van der Waals surface area (Å²) in [7, 11) is 0. The van der Waals surface area contributed by atoms with Gasteiger partial charge in [0.15, 0.2) is 0 Å². The molecule has 2 rings (SSSR count). The van der Waals surface area contributed by atoms with Crippen molar-refractivity contribution in [2.45, 2.75) is 12.5 Å². The number of benzene rings is 1. The van der Waals surface area contributed by atoms with Crippen molar-refractivity contribution in [3.05, 3.63) is 30.0 Å². The normalized spacial score (nSPS) is 12.5. The zero-order valence-corrected chi connectivity index (χ0v) is 13.6. The number of H-pyrrole nitrogens is 1. The molecule has 0 aliphatic rings. The molecule has 0 radical (unpaired) electrons. The Morgan fingerprint density at radius 1 is 1.27 bits per heavy atom. The van der Waals surface area contributed by atoms with Crippen molar-refractivity contribution in [1.29, 1.82) is 0 Å². The molecule has 2 aromatic rings. The van der Waals surface area contributed by atoms with Crippen LogP contribution in [0.2, 0.25) is 0 Å². The standard InChI is InChI=1S/C15H19Cl2N3O2/c16-3-5-20(6-4-17)12-1-2-14-10(8-12)7-11(19-14)9-13(18)15(21)22/h1-2,7-8,13,19H,3-6,9,18H2,(H,21,22)/t13-/m1/s1. The predicted molar refractivity (Wildman–Crippen MR) is 91.3 cm³/mol. The molecule has 0 unspecified atom stereocenters. The third-order valence-electron chi connectivity index (χ3n) is 3.49. The number of alkyl halides is 2. The van der Waals surface area contributed by atoms with Crippen molar-refractivity contribution in [3.63, 3.8) is 0 Å². The number of aliphatic carboxylic acids is 1. The number of carboxylic acid groups (broad SMARTS) is 1. The lowest BCUT2D eigenvalue weighted by atomic mass is 10.1. The van der Waals surface area contributed by atoms with Gasteiger partial charge in [0.1, 0.15) is 6.04 Å². The number of aromatic amines is 1. The van der Waals surface area contributed by atoms with Gasteiger partial charge in [-0.2, -0.15) is 0 Å². The third-order valence-corrected chi connectivity index (χ3v) is 3.83. The average Bonchev–Trinajstić information content (AvgIpc) is 2.88. The van der Waals surface area contributed by atoms with Crippen molar-refractivity contribution in [3.8, 4) is 0 Å². The van der Waals surface area contributed by atoms with Crippen molar-refractivity contribution < 1.29 is 9.90 Å². The number of nitrogens with zero attached hydrogens (tertiary/aromatic N) is 1. The van der Waals surface area contributed by atoms with Gasteiger partial charge < -0.3 is 20.7 Å². The second kappa shape index (κ2) is 7.72. The van der Waals surface area contributed by atoms with Crippen LogP contribution in [0.5, 0.6) is 0 Å². The molecule has 0 spiro atoms. The Balaban J connectivity index is 2.24. The minimum absolute atomic E-state index is 0.270. The Kier molecular flexibility index (Phi) is 5.94. The number of aromatic nitrogens is 1. The molecule has 0 aliphatic carbocycles. The summed E-state index contributed by atoms with van der Waals surface area (Å²) in [6, 6.07) is 7.04. The fourth-order valence-electron chi connectivity index (χ4n) is 2.39. The molecule has 0 fully saturated rings. The summed E-state index contributed by atoms with van der Waals surface area (Å²) in [5.41, 5.74) is 8.37. The largest absolute Gasteiger partial charge is 0.480 e. The van der Waals surface area contributed by atoms with Crippen LogP contribution in [0.25, 0.3) is 10.9 Å². The Hall–Kier alpha value is -1.43. The minimum atomic E-state index is -1.00. The molecule has 7 heteroatoms. The van der Waals surface area contributed by atoms with Gasteiger partial charge in [-0.3, -0.25) is 4.79 Å². The number of anilines is 1. The SMILES string of the molecule is N[C@H](Cc1cc2cc(N(CCCl)CCCl)ccc2[nH]1)C(=O)O. The van der Waals surface area contributed by atoms with Gasteiger partial charge in [0, 0.05) is 53.6 Å². The lowest BCUT2D eigenvalue weighted by molar-refractivity contribution is -0.138. The van der Waals surface area contributed by atoms with Crippen LogP contribution in [0.3, 0.4) is 0 Å². The number of carbonyl (C=O) groups is 1. The highest BCUT2D eigenvalue weighted by atomic mass is 35.5. The molecule has 0 saturated heterocycles. The maximum atomic E-state index is 10.8. The Morgan fingerprint density at radius 3 is 2.55 bits per heavy atom. The quantitative estimate of drug-likeness (QED) is 0.642. The maximum Gasteiger partial charge on any atom is 0.320 e. The molecule has 1 heterocycles. The van der Waals surface area contributed by atoms with E-state index < -0.39 is 12.0 Å². The van der Waals surface area contributed by atoms with E-state index in [-0.39, 0.29) is 6.42 Å². The van der Waals surface area contributed by atoms with Crippen LogP contribution in [0.15, 0.2) is 24.3 Å². The fourth-order valence-corrected chi connectivity index (χ4v) is 2.79. The number of halogens is 2. The van der Waals surface area contributed by atoms with E-state index in [9.17, 15) is 4.79 Å². The summed E-state index contributed by atoms with van der Waals surface area (Å²) in [6.45, 7) is 1.45. The van der Waals surface area contributed by atoms with Gasteiger partial charge in [0.25, 0.3) is 0 Å². The number of hydrogen-bond donors (Lipinski definition) is 3. The topological polar surface area (TPSA) is 82.3 Å². The van der Waals surface area contributed by atoms with E-state index in [1.165, 1.54) is 0 Å². The van der Waals surface area contributed by atoms with Crippen LogP contribution >= 0.6 is 23.2 Å². The second-order valence-electron chi connectivity index (χ2n) is 5.08. The lowest BCUT2D eigenvalue weighted by Crippen LogP contribution is -2.32.